The summed E-state index contributed by atoms with van der Waals surface area (Å²) in [4.78, 5) is 0. The molecular weight excluding hydrogens is 468 g/mol. The van der Waals surface area contributed by atoms with Crippen molar-refractivity contribution in [3.8, 4) is 11.1 Å². The van der Waals surface area contributed by atoms with E-state index >= 15 is 0 Å². The van der Waals surface area contributed by atoms with Crippen LogP contribution in [0.5, 0.6) is 0 Å². The summed E-state index contributed by atoms with van der Waals surface area (Å²) in [5.74, 6) is 0. The third-order valence-electron chi connectivity index (χ3n) is 5.87. The molecule has 2 aliphatic rings. The molecule has 1 N–H and O–H groups in total. The Balaban J connectivity index is 1.57. The maximum atomic E-state index is 12.7. The topological polar surface area (TPSA) is 35.2 Å². The van der Waals surface area contributed by atoms with Crippen LogP contribution in [0.2, 0.25) is 0 Å². The van der Waals surface area contributed by atoms with E-state index in [0.717, 1.165) is 26.6 Å². The normalized spacial score (nSPS) is 20.0. The molecule has 1 heterocycles. The molecule has 0 atom stereocenters. The highest BCUT2D eigenvalue weighted by atomic mass is 79.9. The Labute approximate surface area is 177 Å². The van der Waals surface area contributed by atoms with Gasteiger partial charge in [-0.15, -0.1) is 10.3 Å². The van der Waals surface area contributed by atoms with Crippen molar-refractivity contribution in [3.63, 3.8) is 0 Å². The maximum absolute atomic E-state index is 12.7. The van der Waals surface area contributed by atoms with E-state index in [-0.39, 0.29) is 0 Å². The van der Waals surface area contributed by atoms with Crippen LogP contribution in [0.1, 0.15) is 38.8 Å². The minimum absolute atomic E-state index is 0.533. The van der Waals surface area contributed by atoms with E-state index < -0.39 is 11.1 Å². The first-order valence-corrected chi connectivity index (χ1v) is 10.7. The van der Waals surface area contributed by atoms with Gasteiger partial charge >= 0.3 is 0 Å². The van der Waals surface area contributed by atoms with Crippen LogP contribution in [-0.4, -0.2) is 22.7 Å². The van der Waals surface area contributed by atoms with Crippen molar-refractivity contribution in [1.29, 1.82) is 0 Å². The molecule has 5 heteroatoms. The molecule has 0 aromatic heterocycles. The fraction of sp³-hybridized carbons (Fsp3) is 0.364. The third-order valence-corrected chi connectivity index (χ3v) is 7.81. The quantitative estimate of drug-likeness (QED) is 0.467. The molecule has 4 rings (SSSR count). The second-order valence-corrected chi connectivity index (χ2v) is 10.1. The number of halogens is 2. The van der Waals surface area contributed by atoms with Gasteiger partial charge in [0.05, 0.1) is 11.1 Å². The molecule has 1 aliphatic heterocycles. The predicted molar refractivity (Wildman–Crippen MR) is 118 cm³/mol. The zero-order valence-electron chi connectivity index (χ0n) is 16.0. The standard InChI is InChI=1S/C22H23Br2N2O/c1-21(2)19(20(24)22(3,4)26(21)27)12-25-16-6-8-18-14(11-16)9-13-10-15(23)5-7-17(13)18/h5-8,10-11,25H,9,12H2,1-4H3. The lowest BCUT2D eigenvalue weighted by molar-refractivity contribution is -0.239. The fourth-order valence-electron chi connectivity index (χ4n) is 4.32. The Morgan fingerprint density at radius 3 is 2.22 bits per heavy atom. The van der Waals surface area contributed by atoms with Crippen molar-refractivity contribution in [2.75, 3.05) is 11.9 Å². The van der Waals surface area contributed by atoms with E-state index in [4.69, 9.17) is 0 Å². The zero-order chi connectivity index (χ0) is 19.6. The average molecular weight is 491 g/mol. The minimum Gasteiger partial charge on any atom is -0.381 e. The first kappa shape index (κ1) is 19.2. The van der Waals surface area contributed by atoms with E-state index in [2.05, 4.69) is 73.6 Å². The summed E-state index contributed by atoms with van der Waals surface area (Å²) in [6.45, 7) is 8.55. The largest absolute Gasteiger partial charge is 0.381 e. The number of hydroxylamine groups is 2. The van der Waals surface area contributed by atoms with Gasteiger partial charge in [0.15, 0.2) is 0 Å². The monoisotopic (exact) mass is 489 g/mol. The number of benzene rings is 2. The first-order valence-electron chi connectivity index (χ1n) is 9.15. The van der Waals surface area contributed by atoms with Crippen molar-refractivity contribution in [2.45, 2.75) is 45.2 Å². The third kappa shape index (κ3) is 3.00. The van der Waals surface area contributed by atoms with Crippen LogP contribution in [0.25, 0.3) is 11.1 Å². The van der Waals surface area contributed by atoms with Crippen LogP contribution in [0, 0.1) is 0 Å². The van der Waals surface area contributed by atoms with E-state index in [1.807, 2.05) is 27.7 Å². The van der Waals surface area contributed by atoms with Gasteiger partial charge in [-0.1, -0.05) is 44.0 Å². The van der Waals surface area contributed by atoms with Crippen molar-refractivity contribution in [2.24, 2.45) is 0 Å². The number of nitrogens with one attached hydrogen (secondary N) is 1. The van der Waals surface area contributed by atoms with Gasteiger partial charge in [0.25, 0.3) is 0 Å². The predicted octanol–water partition coefficient (Wildman–Crippen LogP) is 6.30. The van der Waals surface area contributed by atoms with Gasteiger partial charge < -0.3 is 5.32 Å². The number of nitrogens with zero attached hydrogens (tertiary/aromatic N) is 1. The number of hydrogen-bond donors (Lipinski definition) is 1. The van der Waals surface area contributed by atoms with Crippen molar-refractivity contribution < 1.29 is 5.21 Å². The summed E-state index contributed by atoms with van der Waals surface area (Å²) in [6.07, 6.45) is 0.957. The highest BCUT2D eigenvalue weighted by Crippen LogP contribution is 2.47. The zero-order valence-corrected chi connectivity index (χ0v) is 19.2. The molecule has 0 unspecified atom stereocenters. The lowest BCUT2D eigenvalue weighted by Gasteiger charge is -2.34. The van der Waals surface area contributed by atoms with Gasteiger partial charge in [-0.2, -0.15) is 0 Å². The van der Waals surface area contributed by atoms with Crippen LogP contribution in [0.3, 0.4) is 0 Å². The molecule has 1 aliphatic carbocycles. The Hall–Kier alpha value is -1.14. The Morgan fingerprint density at radius 2 is 1.59 bits per heavy atom. The summed E-state index contributed by atoms with van der Waals surface area (Å²) in [5, 5.41) is 17.4. The molecule has 141 valence electrons. The smallest absolute Gasteiger partial charge is 0.0761 e. The summed E-state index contributed by atoms with van der Waals surface area (Å²) in [6, 6.07) is 13.1. The summed E-state index contributed by atoms with van der Waals surface area (Å²) < 4.78 is 2.11. The maximum Gasteiger partial charge on any atom is 0.0761 e. The molecule has 0 amide bonds. The lowest BCUT2D eigenvalue weighted by Crippen LogP contribution is -2.47. The molecular formula is C22H23Br2N2O. The highest BCUT2D eigenvalue weighted by Gasteiger charge is 2.50. The van der Waals surface area contributed by atoms with Gasteiger partial charge in [0.1, 0.15) is 0 Å². The van der Waals surface area contributed by atoms with E-state index in [0.29, 0.717) is 6.54 Å². The van der Waals surface area contributed by atoms with Crippen molar-refractivity contribution in [3.05, 3.63) is 62.1 Å². The van der Waals surface area contributed by atoms with Crippen LogP contribution >= 0.6 is 31.9 Å². The van der Waals surface area contributed by atoms with Gasteiger partial charge in [-0.25, -0.2) is 0 Å². The van der Waals surface area contributed by atoms with Crippen LogP contribution in [0.15, 0.2) is 50.9 Å². The molecule has 0 saturated carbocycles. The highest BCUT2D eigenvalue weighted by molar-refractivity contribution is 9.11. The summed E-state index contributed by atoms with van der Waals surface area (Å²) >= 11 is 7.25. The Bertz CT molecular complexity index is 963. The molecule has 2 aromatic rings. The van der Waals surface area contributed by atoms with Crippen LogP contribution < -0.4 is 5.32 Å². The minimum atomic E-state index is -0.534. The van der Waals surface area contributed by atoms with Crippen molar-refractivity contribution in [1.82, 2.24) is 5.06 Å². The van der Waals surface area contributed by atoms with Gasteiger partial charge in [-0.05, 0) is 86.2 Å². The SMILES string of the molecule is CC1(C)C(Br)=C(CNc2ccc3c(c2)Cc2cc(Br)ccc2-3)C(C)(C)N1[O]. The molecule has 3 nitrogen and oxygen atoms in total. The average Bonchev–Trinajstić information content (AvgIpc) is 3.01. The second kappa shape index (κ2) is 6.45. The van der Waals surface area contributed by atoms with Gasteiger partial charge in [0.2, 0.25) is 0 Å². The summed E-state index contributed by atoms with van der Waals surface area (Å²) in [5.41, 5.74) is 6.48. The number of hydrogen-bond acceptors (Lipinski definition) is 2. The number of rotatable bonds is 3. The second-order valence-electron chi connectivity index (χ2n) is 8.41. The molecule has 0 bridgehead atoms. The first-order chi connectivity index (χ1) is 12.6. The Kier molecular flexibility index (Phi) is 4.58. The Morgan fingerprint density at radius 1 is 0.963 bits per heavy atom. The van der Waals surface area contributed by atoms with Gasteiger partial charge in [-0.3, -0.25) is 0 Å². The lowest BCUT2D eigenvalue weighted by atomic mass is 9.96. The van der Waals surface area contributed by atoms with Crippen LogP contribution in [-0.2, 0) is 11.6 Å². The molecule has 0 saturated heterocycles. The van der Waals surface area contributed by atoms with E-state index in [9.17, 15) is 5.21 Å². The van der Waals surface area contributed by atoms with E-state index in [1.54, 1.807) is 0 Å². The number of anilines is 1. The summed E-state index contributed by atoms with van der Waals surface area (Å²) in [7, 11) is 0. The van der Waals surface area contributed by atoms with Crippen molar-refractivity contribution >= 4 is 37.5 Å². The molecule has 0 spiro atoms. The molecule has 1 radical (unpaired) electrons. The van der Waals surface area contributed by atoms with Gasteiger partial charge in [0, 0.05) is 21.2 Å². The molecule has 27 heavy (non-hydrogen) atoms. The number of fused-ring (bicyclic) bond motifs is 3. The van der Waals surface area contributed by atoms with E-state index in [1.165, 1.54) is 27.3 Å². The molecule has 0 fully saturated rings. The van der Waals surface area contributed by atoms with Crippen LogP contribution in [0.4, 0.5) is 5.69 Å². The fourth-order valence-corrected chi connectivity index (χ4v) is 5.52. The molecule has 2 aromatic carbocycles.